The molecule has 0 saturated heterocycles. The molecule has 4 aliphatic carbocycles. The molecule has 4 fully saturated rings. The molecule has 5 aliphatic rings. The van der Waals surface area contributed by atoms with Crippen molar-refractivity contribution >= 4 is 15.8 Å². The van der Waals surface area contributed by atoms with Crippen molar-refractivity contribution in [2.45, 2.75) is 56.4 Å². The number of ether oxygens (including phenoxy) is 2. The van der Waals surface area contributed by atoms with Crippen LogP contribution >= 0.6 is 0 Å². The summed E-state index contributed by atoms with van der Waals surface area (Å²) in [6.45, 7) is 1.55. The molecule has 2 aromatic rings. The van der Waals surface area contributed by atoms with E-state index in [9.17, 15) is 8.42 Å². The second-order valence-electron chi connectivity index (χ2n) is 11.0. The van der Waals surface area contributed by atoms with E-state index in [-0.39, 0.29) is 11.4 Å². The molecule has 7 rings (SSSR count). The number of sulfonamides is 1. The normalized spacial score (nSPS) is 29.6. The minimum absolute atomic E-state index is 0.108. The minimum atomic E-state index is -3.79. The van der Waals surface area contributed by atoms with Gasteiger partial charge >= 0.3 is 0 Å². The Morgan fingerprint density at radius 1 is 1.06 bits per heavy atom. The molecule has 35 heavy (non-hydrogen) atoms. The van der Waals surface area contributed by atoms with Gasteiger partial charge in [-0.1, -0.05) is 0 Å². The van der Waals surface area contributed by atoms with Gasteiger partial charge in [-0.15, -0.1) is 0 Å². The number of anilines is 1. The Kier molecular flexibility index (Phi) is 5.67. The topological polar surface area (TPSA) is 93.7 Å². The third-order valence-electron chi connectivity index (χ3n) is 8.76. The van der Waals surface area contributed by atoms with Gasteiger partial charge in [-0.3, -0.25) is 0 Å². The number of benzene rings is 1. The summed E-state index contributed by atoms with van der Waals surface area (Å²) in [4.78, 5) is 9.16. The van der Waals surface area contributed by atoms with Crippen LogP contribution in [0.5, 0.6) is 11.5 Å². The molecule has 1 aliphatic heterocycles. The van der Waals surface area contributed by atoms with Crippen LogP contribution < -0.4 is 14.8 Å². The summed E-state index contributed by atoms with van der Waals surface area (Å²) in [6, 6.07) is 4.83. The van der Waals surface area contributed by atoms with Crippen molar-refractivity contribution in [2.24, 2.45) is 23.2 Å². The Morgan fingerprint density at radius 3 is 2.43 bits per heavy atom. The van der Waals surface area contributed by atoms with Gasteiger partial charge in [0.05, 0.1) is 26.5 Å². The summed E-state index contributed by atoms with van der Waals surface area (Å²) in [5.41, 5.74) is 2.21. The van der Waals surface area contributed by atoms with Crippen molar-refractivity contribution in [3.05, 3.63) is 35.8 Å². The molecule has 4 bridgehead atoms. The van der Waals surface area contributed by atoms with Gasteiger partial charge in [-0.05, 0) is 80.2 Å². The van der Waals surface area contributed by atoms with Gasteiger partial charge in [0.2, 0.25) is 10.0 Å². The predicted octanol–water partition coefficient (Wildman–Crippen LogP) is 3.87. The highest BCUT2D eigenvalue weighted by molar-refractivity contribution is 7.89. The van der Waals surface area contributed by atoms with E-state index in [1.54, 1.807) is 18.5 Å². The van der Waals surface area contributed by atoms with Gasteiger partial charge in [-0.2, -0.15) is 4.31 Å². The Bertz CT molecular complexity index is 1200. The lowest BCUT2D eigenvalue weighted by Crippen LogP contribution is -2.49. The number of nitrogens with zero attached hydrogens (tertiary/aromatic N) is 3. The van der Waals surface area contributed by atoms with Gasteiger partial charge < -0.3 is 14.8 Å². The standard InChI is InChI=1S/C26H34N4O4S/c1-33-20-3-4-23(34-2)24(10-20)35(31,32)30-6-5-21-22(14-30)28-16-29-25(21)27-15-26-11-17-7-18(12-26)9-19(8-17)13-26/h3-4,10,16-19H,5-9,11-15H2,1-2H3,(H,27,28,29). The fourth-order valence-electron chi connectivity index (χ4n) is 7.59. The lowest BCUT2D eigenvalue weighted by Gasteiger charge is -2.57. The van der Waals surface area contributed by atoms with Crippen LogP contribution in [-0.2, 0) is 23.0 Å². The van der Waals surface area contributed by atoms with Crippen molar-refractivity contribution in [2.75, 3.05) is 32.6 Å². The molecule has 1 aromatic carbocycles. The van der Waals surface area contributed by atoms with Crippen molar-refractivity contribution in [1.29, 1.82) is 0 Å². The number of methoxy groups -OCH3 is 2. The molecule has 9 heteroatoms. The molecule has 0 radical (unpaired) electrons. The Labute approximate surface area is 207 Å². The van der Waals surface area contributed by atoms with Gasteiger partial charge in [0, 0.05) is 24.7 Å². The Balaban J connectivity index is 1.21. The Hall–Kier alpha value is -2.39. The molecular weight excluding hydrogens is 464 g/mol. The second kappa shape index (κ2) is 8.62. The minimum Gasteiger partial charge on any atom is -0.497 e. The highest BCUT2D eigenvalue weighted by atomic mass is 32.2. The van der Waals surface area contributed by atoms with E-state index < -0.39 is 10.0 Å². The summed E-state index contributed by atoms with van der Waals surface area (Å²) in [5.74, 6) is 4.39. The third kappa shape index (κ3) is 4.06. The monoisotopic (exact) mass is 498 g/mol. The van der Waals surface area contributed by atoms with Crippen LogP contribution in [0.2, 0.25) is 0 Å². The largest absolute Gasteiger partial charge is 0.497 e. The average molecular weight is 499 g/mol. The van der Waals surface area contributed by atoms with Crippen LogP contribution in [0, 0.1) is 23.2 Å². The number of nitrogens with one attached hydrogen (secondary N) is 1. The maximum absolute atomic E-state index is 13.5. The molecule has 0 unspecified atom stereocenters. The quantitative estimate of drug-likeness (QED) is 0.619. The second-order valence-corrected chi connectivity index (χ2v) is 12.9. The average Bonchev–Trinajstić information content (AvgIpc) is 2.86. The lowest BCUT2D eigenvalue weighted by molar-refractivity contribution is -0.0444. The maximum Gasteiger partial charge on any atom is 0.247 e. The number of hydrogen-bond acceptors (Lipinski definition) is 7. The molecule has 0 spiro atoms. The number of aromatic nitrogens is 2. The number of hydrogen-bond donors (Lipinski definition) is 1. The Morgan fingerprint density at radius 2 is 1.77 bits per heavy atom. The van der Waals surface area contributed by atoms with E-state index in [0.717, 1.165) is 41.4 Å². The van der Waals surface area contributed by atoms with Crippen molar-refractivity contribution in [3.63, 3.8) is 0 Å². The van der Waals surface area contributed by atoms with E-state index in [1.165, 1.54) is 63.1 Å². The van der Waals surface area contributed by atoms with Crippen molar-refractivity contribution in [3.8, 4) is 11.5 Å². The van der Waals surface area contributed by atoms with Crippen LogP contribution in [0.1, 0.15) is 49.8 Å². The molecule has 4 saturated carbocycles. The first kappa shape index (κ1) is 23.0. The molecule has 0 atom stereocenters. The lowest BCUT2D eigenvalue weighted by atomic mass is 9.49. The van der Waals surface area contributed by atoms with Gasteiger partial charge in [0.15, 0.2) is 0 Å². The third-order valence-corrected chi connectivity index (χ3v) is 10.6. The van der Waals surface area contributed by atoms with E-state index in [4.69, 9.17) is 9.47 Å². The molecule has 1 N–H and O–H groups in total. The summed E-state index contributed by atoms with van der Waals surface area (Å²) in [6.07, 6.45) is 10.5. The van der Waals surface area contributed by atoms with Crippen LogP contribution in [0.3, 0.4) is 0 Å². The van der Waals surface area contributed by atoms with E-state index >= 15 is 0 Å². The first-order valence-corrected chi connectivity index (χ1v) is 14.1. The first-order chi connectivity index (χ1) is 16.9. The molecule has 2 heterocycles. The van der Waals surface area contributed by atoms with Gasteiger partial charge in [0.1, 0.15) is 28.5 Å². The van der Waals surface area contributed by atoms with Crippen molar-refractivity contribution in [1.82, 2.24) is 14.3 Å². The van der Waals surface area contributed by atoms with E-state index in [0.29, 0.717) is 29.9 Å². The summed E-state index contributed by atoms with van der Waals surface area (Å²) < 4.78 is 39.2. The smallest absolute Gasteiger partial charge is 0.247 e. The fraction of sp³-hybridized carbons (Fsp3) is 0.615. The first-order valence-electron chi connectivity index (χ1n) is 12.7. The SMILES string of the molecule is COc1ccc(OC)c(S(=O)(=O)N2CCc3c(ncnc3NCC34CC5CC(CC(C5)C3)C4)C2)c1. The zero-order valence-corrected chi connectivity index (χ0v) is 21.3. The van der Waals surface area contributed by atoms with Crippen molar-refractivity contribution < 1.29 is 17.9 Å². The van der Waals surface area contributed by atoms with E-state index in [1.807, 2.05) is 0 Å². The summed E-state index contributed by atoms with van der Waals surface area (Å²) in [5, 5.41) is 3.69. The molecule has 1 aromatic heterocycles. The summed E-state index contributed by atoms with van der Waals surface area (Å²) in [7, 11) is -0.797. The molecular formula is C26H34N4O4S. The van der Waals surface area contributed by atoms with Gasteiger partial charge in [0.25, 0.3) is 0 Å². The zero-order chi connectivity index (χ0) is 24.2. The highest BCUT2D eigenvalue weighted by Crippen LogP contribution is 2.60. The van der Waals surface area contributed by atoms with Crippen LogP contribution in [-0.4, -0.2) is 50.0 Å². The predicted molar refractivity (Wildman–Crippen MR) is 132 cm³/mol. The molecule has 188 valence electrons. The highest BCUT2D eigenvalue weighted by Gasteiger charge is 2.50. The molecule has 0 amide bonds. The number of fused-ring (bicyclic) bond motifs is 1. The fourth-order valence-corrected chi connectivity index (χ4v) is 9.16. The van der Waals surface area contributed by atoms with Crippen LogP contribution in [0.15, 0.2) is 29.4 Å². The van der Waals surface area contributed by atoms with Crippen LogP contribution in [0.4, 0.5) is 5.82 Å². The zero-order valence-electron chi connectivity index (χ0n) is 20.5. The van der Waals surface area contributed by atoms with Crippen LogP contribution in [0.25, 0.3) is 0 Å². The number of rotatable bonds is 7. The maximum atomic E-state index is 13.5. The van der Waals surface area contributed by atoms with Gasteiger partial charge in [-0.25, -0.2) is 18.4 Å². The summed E-state index contributed by atoms with van der Waals surface area (Å²) >= 11 is 0. The van der Waals surface area contributed by atoms with E-state index in [2.05, 4.69) is 15.3 Å². The molecule has 8 nitrogen and oxygen atoms in total.